The Hall–Kier alpha value is -3.23. The van der Waals surface area contributed by atoms with E-state index in [0.717, 1.165) is 11.3 Å². The Morgan fingerprint density at radius 3 is 2.70 bits per heavy atom. The van der Waals surface area contributed by atoms with Crippen molar-refractivity contribution >= 4 is 57.3 Å². The lowest BCUT2D eigenvalue weighted by atomic mass is 10.3. The number of carbonyl (C=O) groups is 2. The van der Waals surface area contributed by atoms with Gasteiger partial charge in [-0.25, -0.2) is 9.37 Å². The minimum absolute atomic E-state index is 0.115. The van der Waals surface area contributed by atoms with Crippen molar-refractivity contribution in [1.29, 1.82) is 0 Å². The first-order chi connectivity index (χ1) is 14.4. The van der Waals surface area contributed by atoms with E-state index >= 15 is 0 Å². The van der Waals surface area contributed by atoms with E-state index in [2.05, 4.69) is 10.3 Å². The number of aromatic nitrogens is 1. The first-order valence-electron chi connectivity index (χ1n) is 8.72. The average Bonchev–Trinajstić information content (AvgIpc) is 3.16. The molecule has 0 fully saturated rings. The molecular weight excluding hydrogens is 429 g/mol. The van der Waals surface area contributed by atoms with Crippen molar-refractivity contribution in [2.45, 2.75) is 6.92 Å². The number of nitrogens with one attached hydrogen (secondary N) is 1. The van der Waals surface area contributed by atoms with E-state index in [4.69, 9.17) is 16.3 Å². The predicted octanol–water partition coefficient (Wildman–Crippen LogP) is 5.28. The first kappa shape index (κ1) is 21.5. The zero-order valence-electron chi connectivity index (χ0n) is 16.1. The van der Waals surface area contributed by atoms with E-state index < -0.39 is 5.82 Å². The maximum absolute atomic E-state index is 14.1. The van der Waals surface area contributed by atoms with Gasteiger partial charge in [0.1, 0.15) is 11.6 Å². The van der Waals surface area contributed by atoms with Gasteiger partial charge in [0.25, 0.3) is 0 Å². The summed E-state index contributed by atoms with van der Waals surface area (Å²) in [6, 6.07) is 10.8. The Bertz CT molecular complexity index is 1120. The van der Waals surface area contributed by atoms with Crippen LogP contribution in [0.25, 0.3) is 6.08 Å². The van der Waals surface area contributed by atoms with Crippen molar-refractivity contribution in [3.63, 3.8) is 0 Å². The van der Waals surface area contributed by atoms with E-state index in [9.17, 15) is 14.0 Å². The summed E-state index contributed by atoms with van der Waals surface area (Å²) < 4.78 is 19.2. The van der Waals surface area contributed by atoms with Crippen LogP contribution in [0.2, 0.25) is 5.02 Å². The highest BCUT2D eigenvalue weighted by Gasteiger charge is 2.20. The number of methoxy groups -OCH3 is 1. The van der Waals surface area contributed by atoms with Crippen molar-refractivity contribution in [3.05, 3.63) is 70.5 Å². The highest BCUT2D eigenvalue weighted by atomic mass is 35.5. The molecule has 30 heavy (non-hydrogen) atoms. The zero-order chi connectivity index (χ0) is 21.7. The normalized spacial score (nSPS) is 10.8. The molecule has 1 N–H and O–H groups in total. The molecule has 3 aromatic rings. The van der Waals surface area contributed by atoms with Gasteiger partial charge in [-0.05, 0) is 36.4 Å². The van der Waals surface area contributed by atoms with Crippen LogP contribution in [0.3, 0.4) is 0 Å². The molecule has 154 valence electrons. The fourth-order valence-corrected chi connectivity index (χ4v) is 3.69. The number of carbonyl (C=O) groups excluding carboxylic acids is 2. The van der Waals surface area contributed by atoms with Gasteiger partial charge >= 0.3 is 0 Å². The Morgan fingerprint density at radius 2 is 2.03 bits per heavy atom. The summed E-state index contributed by atoms with van der Waals surface area (Å²) in [7, 11) is 1.50. The maximum atomic E-state index is 14.1. The standard InChI is InChI=1S/C21H17ClFN3O3S/c1-13(27)26(18-6-4-3-5-17(18)23)21-25-15(12-30-21)8-10-20(28)24-14-7-9-19(29-2)16(22)11-14/h3-12H,1-2H3,(H,24,28)/b10-8+. The Labute approximate surface area is 181 Å². The number of ether oxygens (including phenoxy) is 1. The molecule has 0 saturated heterocycles. The van der Waals surface area contributed by atoms with E-state index in [-0.39, 0.29) is 17.5 Å². The highest BCUT2D eigenvalue weighted by Crippen LogP contribution is 2.31. The molecule has 6 nitrogen and oxygen atoms in total. The van der Waals surface area contributed by atoms with E-state index in [0.29, 0.717) is 27.3 Å². The predicted molar refractivity (Wildman–Crippen MR) is 117 cm³/mol. The number of hydrogen-bond donors (Lipinski definition) is 1. The number of hydrogen-bond acceptors (Lipinski definition) is 5. The van der Waals surface area contributed by atoms with Gasteiger partial charge < -0.3 is 10.1 Å². The van der Waals surface area contributed by atoms with Crippen LogP contribution >= 0.6 is 22.9 Å². The smallest absolute Gasteiger partial charge is 0.248 e. The molecule has 1 heterocycles. The first-order valence-corrected chi connectivity index (χ1v) is 9.98. The number of rotatable bonds is 6. The second-order valence-corrected chi connectivity index (χ2v) is 7.28. The molecule has 2 aromatic carbocycles. The van der Waals surface area contributed by atoms with Crippen molar-refractivity contribution in [2.24, 2.45) is 0 Å². The summed E-state index contributed by atoms with van der Waals surface area (Å²) in [6.07, 6.45) is 2.80. The van der Waals surface area contributed by atoms with Crippen LogP contribution in [0, 0.1) is 5.82 Å². The van der Waals surface area contributed by atoms with Gasteiger partial charge in [-0.15, -0.1) is 11.3 Å². The Kier molecular flexibility index (Phi) is 6.81. The van der Waals surface area contributed by atoms with Crippen LogP contribution in [0.1, 0.15) is 12.6 Å². The summed E-state index contributed by atoms with van der Waals surface area (Å²) in [6.45, 7) is 1.33. The maximum Gasteiger partial charge on any atom is 0.248 e. The Balaban J connectivity index is 1.73. The number of amides is 2. The summed E-state index contributed by atoms with van der Waals surface area (Å²) in [5.74, 6) is -0.787. The lowest BCUT2D eigenvalue weighted by Crippen LogP contribution is -2.23. The molecule has 0 unspecified atom stereocenters. The van der Waals surface area contributed by atoms with E-state index in [1.165, 1.54) is 43.2 Å². The summed E-state index contributed by atoms with van der Waals surface area (Å²) in [4.78, 5) is 29.7. The molecule has 0 bridgehead atoms. The average molecular weight is 446 g/mol. The Morgan fingerprint density at radius 1 is 1.27 bits per heavy atom. The number of anilines is 3. The molecule has 0 radical (unpaired) electrons. The molecule has 3 rings (SSSR count). The molecule has 0 spiro atoms. The molecule has 9 heteroatoms. The van der Waals surface area contributed by atoms with Gasteiger partial charge in [-0.3, -0.25) is 14.5 Å². The third-order valence-electron chi connectivity index (χ3n) is 3.93. The quantitative estimate of drug-likeness (QED) is 0.524. The van der Waals surface area contributed by atoms with Crippen LogP contribution in [-0.2, 0) is 9.59 Å². The van der Waals surface area contributed by atoms with Crippen LogP contribution in [0.15, 0.2) is 53.9 Å². The molecule has 1 aromatic heterocycles. The van der Waals surface area contributed by atoms with Gasteiger partial charge in [-0.1, -0.05) is 23.7 Å². The monoisotopic (exact) mass is 445 g/mol. The van der Waals surface area contributed by atoms with Crippen LogP contribution < -0.4 is 15.0 Å². The van der Waals surface area contributed by atoms with Gasteiger partial charge in [0.2, 0.25) is 11.8 Å². The second kappa shape index (κ2) is 9.51. The molecule has 2 amide bonds. The number of thiazole rings is 1. The largest absolute Gasteiger partial charge is 0.495 e. The van der Waals surface area contributed by atoms with Gasteiger partial charge in [0.05, 0.1) is 23.5 Å². The second-order valence-electron chi connectivity index (χ2n) is 6.03. The van der Waals surface area contributed by atoms with Gasteiger partial charge in [-0.2, -0.15) is 0 Å². The number of benzene rings is 2. The minimum Gasteiger partial charge on any atom is -0.495 e. The fourth-order valence-electron chi connectivity index (χ4n) is 2.59. The molecule has 0 aliphatic carbocycles. The number of para-hydroxylation sites is 1. The molecule has 0 saturated carbocycles. The number of halogens is 2. The SMILES string of the molecule is COc1ccc(NC(=O)/C=C/c2csc(N(C(C)=O)c3ccccc3F)n2)cc1Cl. The summed E-state index contributed by atoms with van der Waals surface area (Å²) in [5.41, 5.74) is 1.08. The zero-order valence-corrected chi connectivity index (χ0v) is 17.6. The van der Waals surface area contributed by atoms with Gasteiger partial charge in [0.15, 0.2) is 5.13 Å². The van der Waals surface area contributed by atoms with Crippen molar-refractivity contribution in [3.8, 4) is 5.75 Å². The summed E-state index contributed by atoms with van der Waals surface area (Å²) in [5, 5.41) is 5.02. The van der Waals surface area contributed by atoms with Crippen molar-refractivity contribution in [2.75, 3.05) is 17.3 Å². The third-order valence-corrected chi connectivity index (χ3v) is 5.07. The van der Waals surface area contributed by atoms with E-state index in [1.807, 2.05) is 0 Å². The topological polar surface area (TPSA) is 71.5 Å². The van der Waals surface area contributed by atoms with Crippen LogP contribution in [0.4, 0.5) is 20.9 Å². The molecule has 0 aliphatic heterocycles. The molecule has 0 aliphatic rings. The molecular formula is C21H17ClFN3O3S. The minimum atomic E-state index is -0.530. The van der Waals surface area contributed by atoms with Crippen LogP contribution in [0.5, 0.6) is 5.75 Å². The van der Waals surface area contributed by atoms with E-state index in [1.54, 1.807) is 35.7 Å². The molecule has 0 atom stereocenters. The lowest BCUT2D eigenvalue weighted by Gasteiger charge is -2.18. The fraction of sp³-hybridized carbons (Fsp3) is 0.0952. The van der Waals surface area contributed by atoms with Crippen molar-refractivity contribution < 1.29 is 18.7 Å². The van der Waals surface area contributed by atoms with Crippen molar-refractivity contribution in [1.82, 2.24) is 4.98 Å². The lowest BCUT2D eigenvalue weighted by molar-refractivity contribution is -0.116. The highest BCUT2D eigenvalue weighted by molar-refractivity contribution is 7.14. The summed E-state index contributed by atoms with van der Waals surface area (Å²) >= 11 is 7.21. The third kappa shape index (κ3) is 5.03. The number of nitrogens with zero attached hydrogens (tertiary/aromatic N) is 2. The van der Waals surface area contributed by atoms with Crippen LogP contribution in [-0.4, -0.2) is 23.9 Å². The van der Waals surface area contributed by atoms with Gasteiger partial charge in [0, 0.05) is 24.1 Å².